The lowest BCUT2D eigenvalue weighted by molar-refractivity contribution is -0.0242. The van der Waals surface area contributed by atoms with Crippen LogP contribution in [0.5, 0.6) is 0 Å². The number of rotatable bonds is 14. The lowest BCUT2D eigenvalue weighted by Gasteiger charge is -2.51. The molecule has 2 aliphatic carbocycles. The van der Waals surface area contributed by atoms with E-state index in [1.807, 2.05) is 0 Å². The highest BCUT2D eigenvalue weighted by atomic mass is 32.1. The summed E-state index contributed by atoms with van der Waals surface area (Å²) in [5, 5.41) is 10.5. The summed E-state index contributed by atoms with van der Waals surface area (Å²) in [7, 11) is 0. The maximum atomic E-state index is 10.5. The molecule has 0 amide bonds. The van der Waals surface area contributed by atoms with Crippen molar-refractivity contribution in [1.29, 1.82) is 0 Å². The Morgan fingerprint density at radius 2 is 1.62 bits per heavy atom. The van der Waals surface area contributed by atoms with Crippen LogP contribution >= 0.6 is 12.6 Å². The van der Waals surface area contributed by atoms with Crippen LogP contribution in [-0.4, -0.2) is 17.5 Å². The minimum absolute atomic E-state index is 0.397. The second-order valence-electron chi connectivity index (χ2n) is 13.3. The highest BCUT2D eigenvalue weighted by molar-refractivity contribution is 7.80. The van der Waals surface area contributed by atoms with Gasteiger partial charge in [0.15, 0.2) is 0 Å². The van der Waals surface area contributed by atoms with Crippen LogP contribution in [0, 0.1) is 46.8 Å². The standard InChI is InChI=1S/C32H62OS/c1-6-13-28(7-2)26(4)20-31-22-29(21-27-14-11-9-8-10-12-15-27)30(24-33)23-32(31,5)18-16-25(3)17-19-34/h25-31,33-34H,6-24H2,1-5H3/t25?,26?,28?,29?,30?,31?,32-/m1/s1. The summed E-state index contributed by atoms with van der Waals surface area (Å²) in [5.74, 6) is 6.53. The molecular weight excluding hydrogens is 432 g/mol. The second kappa shape index (κ2) is 16.2. The van der Waals surface area contributed by atoms with E-state index in [-0.39, 0.29) is 0 Å². The van der Waals surface area contributed by atoms with Crippen LogP contribution in [0.25, 0.3) is 0 Å². The fourth-order valence-electron chi connectivity index (χ4n) is 8.01. The highest BCUT2D eigenvalue weighted by Gasteiger charge is 2.45. The Labute approximate surface area is 220 Å². The van der Waals surface area contributed by atoms with Crippen molar-refractivity contribution < 1.29 is 5.11 Å². The molecule has 0 bridgehead atoms. The molecule has 0 radical (unpaired) electrons. The zero-order valence-corrected chi connectivity index (χ0v) is 24.8. The number of thiol groups is 1. The first kappa shape index (κ1) is 30.5. The minimum Gasteiger partial charge on any atom is -0.396 e. The van der Waals surface area contributed by atoms with E-state index in [9.17, 15) is 5.11 Å². The van der Waals surface area contributed by atoms with Crippen molar-refractivity contribution >= 4 is 12.6 Å². The molecule has 0 aliphatic heterocycles. The van der Waals surface area contributed by atoms with Gasteiger partial charge in [0.25, 0.3) is 0 Å². The Balaban J connectivity index is 2.16. The Hall–Kier alpha value is 0.310. The van der Waals surface area contributed by atoms with Gasteiger partial charge in [0.1, 0.15) is 0 Å². The fourth-order valence-corrected chi connectivity index (χ4v) is 8.45. The summed E-state index contributed by atoms with van der Waals surface area (Å²) in [4.78, 5) is 0. The summed E-state index contributed by atoms with van der Waals surface area (Å²) < 4.78 is 0. The molecule has 7 atom stereocenters. The van der Waals surface area contributed by atoms with Gasteiger partial charge in [-0.15, -0.1) is 0 Å². The minimum atomic E-state index is 0.397. The first-order chi connectivity index (χ1) is 16.4. The van der Waals surface area contributed by atoms with Gasteiger partial charge in [0, 0.05) is 6.61 Å². The topological polar surface area (TPSA) is 20.2 Å². The van der Waals surface area contributed by atoms with Crippen LogP contribution in [0.3, 0.4) is 0 Å². The van der Waals surface area contributed by atoms with Gasteiger partial charge < -0.3 is 5.11 Å². The summed E-state index contributed by atoms with van der Waals surface area (Å²) in [5.41, 5.74) is 0.397. The van der Waals surface area contributed by atoms with Crippen LogP contribution in [-0.2, 0) is 0 Å². The van der Waals surface area contributed by atoms with Crippen LogP contribution in [0.15, 0.2) is 0 Å². The van der Waals surface area contributed by atoms with Gasteiger partial charge in [0.2, 0.25) is 0 Å². The predicted molar refractivity (Wildman–Crippen MR) is 155 cm³/mol. The molecule has 2 fully saturated rings. The lowest BCUT2D eigenvalue weighted by atomic mass is 9.55. The number of hydrogen-bond donors (Lipinski definition) is 2. The van der Waals surface area contributed by atoms with Crippen molar-refractivity contribution in [2.24, 2.45) is 46.8 Å². The smallest absolute Gasteiger partial charge is 0.0462 e. The van der Waals surface area contributed by atoms with E-state index in [4.69, 9.17) is 0 Å². The van der Waals surface area contributed by atoms with E-state index in [1.165, 1.54) is 109 Å². The third-order valence-corrected chi connectivity index (χ3v) is 10.8. The van der Waals surface area contributed by atoms with Gasteiger partial charge in [-0.3, -0.25) is 0 Å². The Morgan fingerprint density at radius 3 is 2.21 bits per heavy atom. The van der Waals surface area contributed by atoms with E-state index in [0.717, 1.165) is 41.3 Å². The predicted octanol–water partition coefficient (Wildman–Crippen LogP) is 9.97. The van der Waals surface area contributed by atoms with Crippen molar-refractivity contribution in [3.63, 3.8) is 0 Å². The monoisotopic (exact) mass is 494 g/mol. The molecule has 1 nitrogen and oxygen atoms in total. The second-order valence-corrected chi connectivity index (χ2v) is 13.7. The highest BCUT2D eigenvalue weighted by Crippen LogP contribution is 2.54. The molecule has 0 aromatic rings. The molecule has 2 rings (SSSR count). The maximum Gasteiger partial charge on any atom is 0.0462 e. The molecule has 2 aliphatic rings. The molecule has 34 heavy (non-hydrogen) atoms. The zero-order valence-electron chi connectivity index (χ0n) is 23.9. The largest absolute Gasteiger partial charge is 0.396 e. The molecule has 0 saturated heterocycles. The number of aliphatic hydroxyl groups is 1. The van der Waals surface area contributed by atoms with Gasteiger partial charge in [0.05, 0.1) is 0 Å². The summed E-state index contributed by atoms with van der Waals surface area (Å²) >= 11 is 4.50. The zero-order chi connectivity index (χ0) is 25.0. The Bertz CT molecular complexity index is 513. The lowest BCUT2D eigenvalue weighted by Crippen LogP contribution is -2.42. The van der Waals surface area contributed by atoms with Gasteiger partial charge in [-0.05, 0) is 91.1 Å². The van der Waals surface area contributed by atoms with Gasteiger partial charge >= 0.3 is 0 Å². The summed E-state index contributed by atoms with van der Waals surface area (Å²) in [6.07, 6.45) is 23.5. The van der Waals surface area contributed by atoms with Crippen LogP contribution in [0.2, 0.25) is 0 Å². The third kappa shape index (κ3) is 9.64. The van der Waals surface area contributed by atoms with E-state index in [2.05, 4.69) is 47.2 Å². The average molecular weight is 495 g/mol. The quantitative estimate of drug-likeness (QED) is 0.230. The Morgan fingerprint density at radius 1 is 0.941 bits per heavy atom. The SMILES string of the molecule is CCCC(CC)C(C)CC1CC(CC2CCCCCCC2)C(CO)C[C@@]1(C)CCC(C)CCS. The maximum absolute atomic E-state index is 10.5. The molecule has 6 unspecified atom stereocenters. The first-order valence-electron chi connectivity index (χ1n) is 15.6. The molecule has 0 heterocycles. The fraction of sp³-hybridized carbons (Fsp3) is 1.00. The number of hydrogen-bond acceptors (Lipinski definition) is 2. The van der Waals surface area contributed by atoms with Crippen molar-refractivity contribution in [2.45, 2.75) is 144 Å². The normalized spacial score (nSPS) is 32.0. The van der Waals surface area contributed by atoms with Crippen molar-refractivity contribution in [3.05, 3.63) is 0 Å². The van der Waals surface area contributed by atoms with E-state index in [1.54, 1.807) is 0 Å². The third-order valence-electron chi connectivity index (χ3n) is 10.5. The van der Waals surface area contributed by atoms with Crippen molar-refractivity contribution in [3.8, 4) is 0 Å². The first-order valence-corrected chi connectivity index (χ1v) is 16.2. The van der Waals surface area contributed by atoms with Gasteiger partial charge in [-0.25, -0.2) is 0 Å². The molecular formula is C32H62OS. The average Bonchev–Trinajstić information content (AvgIpc) is 2.80. The molecule has 0 aromatic heterocycles. The van der Waals surface area contributed by atoms with Crippen LogP contribution < -0.4 is 0 Å². The molecule has 202 valence electrons. The molecule has 2 saturated carbocycles. The van der Waals surface area contributed by atoms with E-state index in [0.29, 0.717) is 17.9 Å². The molecule has 0 aromatic carbocycles. The molecule has 2 heteroatoms. The van der Waals surface area contributed by atoms with Gasteiger partial charge in [-0.2, -0.15) is 12.6 Å². The Kier molecular flexibility index (Phi) is 14.6. The van der Waals surface area contributed by atoms with Crippen molar-refractivity contribution in [2.75, 3.05) is 12.4 Å². The van der Waals surface area contributed by atoms with Crippen molar-refractivity contribution in [1.82, 2.24) is 0 Å². The van der Waals surface area contributed by atoms with E-state index < -0.39 is 0 Å². The van der Waals surface area contributed by atoms with Gasteiger partial charge in [-0.1, -0.05) is 105 Å². The molecule has 1 N–H and O–H groups in total. The number of aliphatic hydroxyl groups excluding tert-OH is 1. The van der Waals surface area contributed by atoms with E-state index >= 15 is 0 Å². The molecule has 0 spiro atoms. The summed E-state index contributed by atoms with van der Waals surface area (Å²) in [6.45, 7) is 12.8. The van der Waals surface area contributed by atoms with Crippen LogP contribution in [0.4, 0.5) is 0 Å². The van der Waals surface area contributed by atoms with Crippen LogP contribution in [0.1, 0.15) is 144 Å². The summed E-state index contributed by atoms with van der Waals surface area (Å²) in [6, 6.07) is 0.